The first kappa shape index (κ1) is 15.0. The Morgan fingerprint density at radius 2 is 1.68 bits per heavy atom. The van der Waals surface area contributed by atoms with Gasteiger partial charge in [0.25, 0.3) is 5.91 Å². The number of fused-ring (bicyclic) bond motifs is 1. The molecule has 0 bridgehead atoms. The number of hydrogen-bond donors (Lipinski definition) is 1. The molecule has 5 nitrogen and oxygen atoms in total. The Hall–Kier alpha value is -3.60. The molecule has 3 aromatic heterocycles. The molecule has 0 fully saturated rings. The SMILES string of the molecule is O=C(Nc1cccnc1)c1cccc2ccc(-c3cccnc3)nc12. The maximum Gasteiger partial charge on any atom is 0.257 e. The number of amides is 1. The standard InChI is InChI=1S/C20H14N4O/c25-20(23-16-6-3-11-22-13-16)17-7-1-4-14-8-9-18(24-19(14)17)15-5-2-10-21-12-15/h1-13H,(H,23,25). The number of hydrogen-bond acceptors (Lipinski definition) is 4. The van der Waals surface area contributed by atoms with Crippen LogP contribution in [0.25, 0.3) is 22.2 Å². The molecule has 0 saturated carbocycles. The molecule has 4 aromatic rings. The van der Waals surface area contributed by atoms with Crippen molar-refractivity contribution in [3.63, 3.8) is 0 Å². The van der Waals surface area contributed by atoms with E-state index in [-0.39, 0.29) is 5.91 Å². The molecule has 3 heterocycles. The Morgan fingerprint density at radius 1 is 0.840 bits per heavy atom. The third-order valence-corrected chi connectivity index (χ3v) is 3.84. The summed E-state index contributed by atoms with van der Waals surface area (Å²) < 4.78 is 0. The molecule has 0 atom stereocenters. The summed E-state index contributed by atoms with van der Waals surface area (Å²) in [4.78, 5) is 25.5. The normalized spacial score (nSPS) is 10.6. The summed E-state index contributed by atoms with van der Waals surface area (Å²) in [6.07, 6.45) is 6.75. The minimum atomic E-state index is -0.213. The number of pyridine rings is 3. The van der Waals surface area contributed by atoms with Gasteiger partial charge in [-0.15, -0.1) is 0 Å². The van der Waals surface area contributed by atoms with Crippen molar-refractivity contribution >= 4 is 22.5 Å². The summed E-state index contributed by atoms with van der Waals surface area (Å²) in [5, 5.41) is 3.76. The average Bonchev–Trinajstić information content (AvgIpc) is 2.68. The van der Waals surface area contributed by atoms with E-state index in [1.165, 1.54) is 0 Å². The number of aromatic nitrogens is 3. The highest BCUT2D eigenvalue weighted by molar-refractivity contribution is 6.12. The van der Waals surface area contributed by atoms with Crippen molar-refractivity contribution in [2.45, 2.75) is 0 Å². The summed E-state index contributed by atoms with van der Waals surface area (Å²) in [5.41, 5.74) is 3.51. The lowest BCUT2D eigenvalue weighted by Crippen LogP contribution is -2.13. The highest BCUT2D eigenvalue weighted by Gasteiger charge is 2.12. The largest absolute Gasteiger partial charge is 0.321 e. The van der Waals surface area contributed by atoms with Crippen molar-refractivity contribution < 1.29 is 4.79 Å². The minimum Gasteiger partial charge on any atom is -0.321 e. The van der Waals surface area contributed by atoms with Crippen LogP contribution in [0.1, 0.15) is 10.4 Å². The van der Waals surface area contributed by atoms with Gasteiger partial charge in [0, 0.05) is 29.5 Å². The van der Waals surface area contributed by atoms with Gasteiger partial charge in [-0.3, -0.25) is 14.8 Å². The molecule has 120 valence electrons. The van der Waals surface area contributed by atoms with Crippen LogP contribution in [-0.2, 0) is 0 Å². The van der Waals surface area contributed by atoms with Crippen molar-refractivity contribution in [1.82, 2.24) is 15.0 Å². The predicted molar refractivity (Wildman–Crippen MR) is 97.2 cm³/mol. The van der Waals surface area contributed by atoms with Crippen molar-refractivity contribution in [3.05, 3.63) is 84.9 Å². The van der Waals surface area contributed by atoms with Gasteiger partial charge < -0.3 is 5.32 Å². The van der Waals surface area contributed by atoms with Gasteiger partial charge in [0.2, 0.25) is 0 Å². The first-order valence-electron chi connectivity index (χ1n) is 7.83. The smallest absolute Gasteiger partial charge is 0.257 e. The van der Waals surface area contributed by atoms with E-state index in [9.17, 15) is 4.79 Å². The van der Waals surface area contributed by atoms with Crippen LogP contribution in [0.3, 0.4) is 0 Å². The third-order valence-electron chi connectivity index (χ3n) is 3.84. The Labute approximate surface area is 144 Å². The lowest BCUT2D eigenvalue weighted by molar-refractivity contribution is 0.102. The summed E-state index contributed by atoms with van der Waals surface area (Å²) in [5.74, 6) is -0.213. The number of carbonyl (C=O) groups is 1. The number of nitrogens with one attached hydrogen (secondary N) is 1. The minimum absolute atomic E-state index is 0.213. The van der Waals surface area contributed by atoms with Crippen molar-refractivity contribution in [2.24, 2.45) is 0 Å². The number of carbonyl (C=O) groups excluding carboxylic acids is 1. The first-order chi connectivity index (χ1) is 12.3. The summed E-state index contributed by atoms with van der Waals surface area (Å²) >= 11 is 0. The van der Waals surface area contributed by atoms with Crippen LogP contribution in [0.4, 0.5) is 5.69 Å². The van der Waals surface area contributed by atoms with Crippen LogP contribution >= 0.6 is 0 Å². The van der Waals surface area contributed by atoms with Crippen LogP contribution < -0.4 is 5.32 Å². The van der Waals surface area contributed by atoms with Crippen molar-refractivity contribution in [1.29, 1.82) is 0 Å². The van der Waals surface area contributed by atoms with E-state index >= 15 is 0 Å². The van der Waals surface area contributed by atoms with E-state index in [2.05, 4.69) is 15.3 Å². The second-order valence-corrected chi connectivity index (χ2v) is 5.51. The maximum absolute atomic E-state index is 12.7. The van der Waals surface area contributed by atoms with Gasteiger partial charge in [-0.1, -0.05) is 18.2 Å². The van der Waals surface area contributed by atoms with E-state index < -0.39 is 0 Å². The number of rotatable bonds is 3. The Morgan fingerprint density at radius 3 is 2.44 bits per heavy atom. The molecule has 5 heteroatoms. The maximum atomic E-state index is 12.7. The third kappa shape index (κ3) is 3.07. The number of nitrogens with zero attached hydrogens (tertiary/aromatic N) is 3. The number of para-hydroxylation sites is 1. The molecule has 0 aliphatic rings. The first-order valence-corrected chi connectivity index (χ1v) is 7.83. The van der Waals surface area contributed by atoms with Crippen LogP contribution in [0.15, 0.2) is 79.4 Å². The van der Waals surface area contributed by atoms with Gasteiger partial charge in [0.15, 0.2) is 0 Å². The van der Waals surface area contributed by atoms with Crippen LogP contribution in [-0.4, -0.2) is 20.9 Å². The van der Waals surface area contributed by atoms with Gasteiger partial charge in [0.1, 0.15) is 0 Å². The van der Waals surface area contributed by atoms with E-state index in [0.717, 1.165) is 16.6 Å². The molecule has 0 spiro atoms. The monoisotopic (exact) mass is 326 g/mol. The topological polar surface area (TPSA) is 67.8 Å². The zero-order valence-corrected chi connectivity index (χ0v) is 13.3. The molecule has 0 aliphatic carbocycles. The lowest BCUT2D eigenvalue weighted by atomic mass is 10.1. The molecule has 0 radical (unpaired) electrons. The van der Waals surface area contributed by atoms with E-state index in [1.807, 2.05) is 36.4 Å². The molecule has 25 heavy (non-hydrogen) atoms. The Bertz CT molecular complexity index is 1030. The highest BCUT2D eigenvalue weighted by Crippen LogP contribution is 2.23. The molecular weight excluding hydrogens is 312 g/mol. The zero-order chi connectivity index (χ0) is 17.1. The summed E-state index contributed by atoms with van der Waals surface area (Å²) in [6.45, 7) is 0. The van der Waals surface area contributed by atoms with Crippen molar-refractivity contribution in [3.8, 4) is 11.3 Å². The molecule has 4 rings (SSSR count). The fourth-order valence-corrected chi connectivity index (χ4v) is 2.64. The summed E-state index contributed by atoms with van der Waals surface area (Å²) in [7, 11) is 0. The van der Waals surface area contributed by atoms with E-state index in [4.69, 9.17) is 4.98 Å². The molecule has 0 saturated heterocycles. The number of benzene rings is 1. The quantitative estimate of drug-likeness (QED) is 0.619. The van der Waals surface area contributed by atoms with Gasteiger partial charge in [0.05, 0.1) is 28.7 Å². The predicted octanol–water partition coefficient (Wildman–Crippen LogP) is 3.94. The molecular formula is C20H14N4O. The molecule has 1 N–H and O–H groups in total. The molecule has 0 unspecified atom stereocenters. The fraction of sp³-hybridized carbons (Fsp3) is 0. The van der Waals surface area contributed by atoms with Crippen molar-refractivity contribution in [2.75, 3.05) is 5.32 Å². The van der Waals surface area contributed by atoms with Gasteiger partial charge >= 0.3 is 0 Å². The fourth-order valence-electron chi connectivity index (χ4n) is 2.64. The van der Waals surface area contributed by atoms with Gasteiger partial charge in [-0.05, 0) is 36.4 Å². The van der Waals surface area contributed by atoms with Crippen LogP contribution in [0.5, 0.6) is 0 Å². The van der Waals surface area contributed by atoms with Crippen LogP contribution in [0.2, 0.25) is 0 Å². The average molecular weight is 326 g/mol. The second kappa shape index (κ2) is 6.49. The Balaban J connectivity index is 1.77. The van der Waals surface area contributed by atoms with Crippen LogP contribution in [0, 0.1) is 0 Å². The molecule has 0 aliphatic heterocycles. The lowest BCUT2D eigenvalue weighted by Gasteiger charge is -2.09. The second-order valence-electron chi connectivity index (χ2n) is 5.51. The van der Waals surface area contributed by atoms with Gasteiger partial charge in [-0.2, -0.15) is 0 Å². The molecule has 1 amide bonds. The zero-order valence-electron chi connectivity index (χ0n) is 13.3. The summed E-state index contributed by atoms with van der Waals surface area (Å²) in [6, 6.07) is 16.8. The van der Waals surface area contributed by atoms with E-state index in [0.29, 0.717) is 16.8 Å². The van der Waals surface area contributed by atoms with E-state index in [1.54, 1.807) is 43.0 Å². The molecule has 1 aromatic carbocycles. The highest BCUT2D eigenvalue weighted by atomic mass is 16.1. The van der Waals surface area contributed by atoms with Gasteiger partial charge in [-0.25, -0.2) is 4.98 Å². The number of anilines is 1. The Kier molecular flexibility index (Phi) is 3.88.